The highest BCUT2D eigenvalue weighted by atomic mass is 19.1. The van der Waals surface area contributed by atoms with Crippen LogP contribution in [0.1, 0.15) is 35.4 Å². The van der Waals surface area contributed by atoms with E-state index in [9.17, 15) is 14.0 Å². The summed E-state index contributed by atoms with van der Waals surface area (Å²) in [6, 6.07) is 5.91. The minimum absolute atomic E-state index is 0.0191. The van der Waals surface area contributed by atoms with Crippen LogP contribution in [0.25, 0.3) is 0 Å². The van der Waals surface area contributed by atoms with Gasteiger partial charge in [-0.25, -0.2) is 9.37 Å². The quantitative estimate of drug-likeness (QED) is 0.776. The molecule has 0 bridgehead atoms. The number of aromatic nitrogens is 2. The summed E-state index contributed by atoms with van der Waals surface area (Å²) >= 11 is 0. The van der Waals surface area contributed by atoms with Crippen LogP contribution in [0.3, 0.4) is 0 Å². The monoisotopic (exact) mass is 398 g/mol. The average molecular weight is 398 g/mol. The topological polar surface area (TPSA) is 75.6 Å². The van der Waals surface area contributed by atoms with Gasteiger partial charge in [-0.15, -0.1) is 0 Å². The second-order valence-corrected chi connectivity index (χ2v) is 7.62. The standard InChI is InChI=1S/C21H23FN4O3/c1-15-11-24-18(12-23-15)20(28)25-9-2-7-21(8-10-25)14-26(19(27)13-29-21)17-5-3-16(22)4-6-17/h3-6,11-12H,2,7-10,13-14H2,1H3. The Bertz CT molecular complexity index is 903. The summed E-state index contributed by atoms with van der Waals surface area (Å²) in [7, 11) is 0. The Labute approximate surface area is 168 Å². The first-order valence-corrected chi connectivity index (χ1v) is 9.74. The molecule has 0 saturated carbocycles. The van der Waals surface area contributed by atoms with Crippen LogP contribution in [0.4, 0.5) is 10.1 Å². The van der Waals surface area contributed by atoms with E-state index in [4.69, 9.17) is 4.74 Å². The van der Waals surface area contributed by atoms with Gasteiger partial charge in [-0.2, -0.15) is 0 Å². The molecule has 1 unspecified atom stereocenters. The zero-order valence-corrected chi connectivity index (χ0v) is 16.3. The van der Waals surface area contributed by atoms with Gasteiger partial charge in [0.15, 0.2) is 0 Å². The molecule has 1 spiro atoms. The van der Waals surface area contributed by atoms with E-state index in [0.29, 0.717) is 37.4 Å². The SMILES string of the molecule is Cc1cnc(C(=O)N2CCCC3(CC2)CN(c2ccc(F)cc2)C(=O)CO3)cn1. The average Bonchev–Trinajstić information content (AvgIpc) is 2.93. The van der Waals surface area contributed by atoms with Crippen LogP contribution in [-0.4, -0.2) is 58.5 Å². The van der Waals surface area contributed by atoms with Gasteiger partial charge in [0.1, 0.15) is 18.1 Å². The van der Waals surface area contributed by atoms with Crippen molar-refractivity contribution in [2.24, 2.45) is 0 Å². The number of anilines is 1. The largest absolute Gasteiger partial charge is 0.363 e. The fourth-order valence-electron chi connectivity index (χ4n) is 3.91. The van der Waals surface area contributed by atoms with Crippen molar-refractivity contribution in [1.82, 2.24) is 14.9 Å². The van der Waals surface area contributed by atoms with Gasteiger partial charge in [-0.3, -0.25) is 14.6 Å². The van der Waals surface area contributed by atoms with Crippen molar-refractivity contribution in [3.8, 4) is 0 Å². The van der Waals surface area contributed by atoms with Crippen molar-refractivity contribution in [1.29, 1.82) is 0 Å². The molecule has 2 amide bonds. The number of hydrogen-bond donors (Lipinski definition) is 0. The van der Waals surface area contributed by atoms with Crippen molar-refractivity contribution in [2.45, 2.75) is 31.8 Å². The molecule has 1 aromatic heterocycles. The second-order valence-electron chi connectivity index (χ2n) is 7.62. The first kappa shape index (κ1) is 19.4. The van der Waals surface area contributed by atoms with Crippen LogP contribution in [-0.2, 0) is 9.53 Å². The maximum Gasteiger partial charge on any atom is 0.274 e. The number of carbonyl (C=O) groups excluding carboxylic acids is 2. The molecule has 0 radical (unpaired) electrons. The molecular weight excluding hydrogens is 375 g/mol. The van der Waals surface area contributed by atoms with Gasteiger partial charge in [0.25, 0.3) is 11.8 Å². The molecule has 0 N–H and O–H groups in total. The zero-order chi connectivity index (χ0) is 20.4. The Morgan fingerprint density at radius 3 is 2.66 bits per heavy atom. The number of halogens is 1. The molecule has 7 nitrogen and oxygen atoms in total. The second kappa shape index (κ2) is 7.87. The number of hydrogen-bond acceptors (Lipinski definition) is 5. The van der Waals surface area contributed by atoms with Crippen LogP contribution in [0, 0.1) is 12.7 Å². The summed E-state index contributed by atoms with van der Waals surface area (Å²) in [6.45, 7) is 3.31. The first-order valence-electron chi connectivity index (χ1n) is 9.74. The molecule has 8 heteroatoms. The van der Waals surface area contributed by atoms with Crippen molar-refractivity contribution in [3.63, 3.8) is 0 Å². The Hall–Kier alpha value is -2.87. The molecule has 2 aromatic rings. The summed E-state index contributed by atoms with van der Waals surface area (Å²) in [5.41, 5.74) is 1.24. The number of rotatable bonds is 2. The fourth-order valence-corrected chi connectivity index (χ4v) is 3.91. The van der Waals surface area contributed by atoms with E-state index in [1.54, 1.807) is 28.1 Å². The zero-order valence-electron chi connectivity index (χ0n) is 16.3. The van der Waals surface area contributed by atoms with E-state index < -0.39 is 5.60 Å². The Balaban J connectivity index is 1.47. The number of carbonyl (C=O) groups is 2. The highest BCUT2D eigenvalue weighted by Crippen LogP contribution is 2.33. The molecule has 1 atom stereocenters. The minimum Gasteiger partial charge on any atom is -0.363 e. The summed E-state index contributed by atoms with van der Waals surface area (Å²) < 4.78 is 19.3. The third kappa shape index (κ3) is 4.12. The predicted octanol–water partition coefficient (Wildman–Crippen LogP) is 2.35. The third-order valence-electron chi connectivity index (χ3n) is 5.57. The summed E-state index contributed by atoms with van der Waals surface area (Å²) in [4.78, 5) is 37.0. The fraction of sp³-hybridized carbons (Fsp3) is 0.429. The molecule has 2 saturated heterocycles. The molecule has 2 aliphatic heterocycles. The highest BCUT2D eigenvalue weighted by Gasteiger charge is 2.42. The summed E-state index contributed by atoms with van der Waals surface area (Å²) in [5.74, 6) is -0.627. The highest BCUT2D eigenvalue weighted by molar-refractivity contribution is 5.95. The van der Waals surface area contributed by atoms with Gasteiger partial charge in [0, 0.05) is 25.0 Å². The van der Waals surface area contributed by atoms with E-state index >= 15 is 0 Å². The van der Waals surface area contributed by atoms with Gasteiger partial charge in [0.05, 0.1) is 24.0 Å². The van der Waals surface area contributed by atoms with Crippen LogP contribution in [0.5, 0.6) is 0 Å². The van der Waals surface area contributed by atoms with E-state index in [1.807, 2.05) is 6.92 Å². The van der Waals surface area contributed by atoms with Gasteiger partial charge < -0.3 is 14.5 Å². The van der Waals surface area contributed by atoms with Gasteiger partial charge in [-0.1, -0.05) is 0 Å². The number of benzene rings is 1. The molecular formula is C21H23FN4O3. The third-order valence-corrected chi connectivity index (χ3v) is 5.57. The molecule has 3 heterocycles. The number of aryl methyl sites for hydroxylation is 1. The van der Waals surface area contributed by atoms with Gasteiger partial charge >= 0.3 is 0 Å². The van der Waals surface area contributed by atoms with E-state index in [1.165, 1.54) is 18.3 Å². The molecule has 0 aliphatic carbocycles. The van der Waals surface area contributed by atoms with Crippen LogP contribution in [0.15, 0.2) is 36.7 Å². The lowest BCUT2D eigenvalue weighted by Gasteiger charge is -2.42. The van der Waals surface area contributed by atoms with Crippen LogP contribution in [0.2, 0.25) is 0 Å². The lowest BCUT2D eigenvalue weighted by atomic mass is 9.92. The molecule has 29 heavy (non-hydrogen) atoms. The van der Waals surface area contributed by atoms with Crippen molar-refractivity contribution in [2.75, 3.05) is 31.1 Å². The van der Waals surface area contributed by atoms with E-state index in [-0.39, 0.29) is 24.2 Å². The Kier molecular flexibility index (Phi) is 5.27. The summed E-state index contributed by atoms with van der Waals surface area (Å²) in [5, 5.41) is 0. The first-order chi connectivity index (χ1) is 14.0. The number of amides is 2. The molecule has 4 rings (SSSR count). The molecule has 1 aromatic carbocycles. The van der Waals surface area contributed by atoms with Gasteiger partial charge in [-0.05, 0) is 50.5 Å². The maximum atomic E-state index is 13.3. The number of nitrogens with zero attached hydrogens (tertiary/aromatic N) is 4. The maximum absolute atomic E-state index is 13.3. The molecule has 2 aliphatic rings. The van der Waals surface area contributed by atoms with E-state index in [2.05, 4.69) is 9.97 Å². The van der Waals surface area contributed by atoms with E-state index in [0.717, 1.165) is 18.5 Å². The van der Waals surface area contributed by atoms with Crippen molar-refractivity contribution >= 4 is 17.5 Å². The van der Waals surface area contributed by atoms with Crippen molar-refractivity contribution in [3.05, 3.63) is 53.9 Å². The molecule has 2 fully saturated rings. The lowest BCUT2D eigenvalue weighted by molar-refractivity contribution is -0.140. The predicted molar refractivity (Wildman–Crippen MR) is 104 cm³/mol. The van der Waals surface area contributed by atoms with Crippen LogP contribution < -0.4 is 4.90 Å². The Morgan fingerprint density at radius 1 is 1.14 bits per heavy atom. The summed E-state index contributed by atoms with van der Waals surface area (Å²) in [6.07, 6.45) is 5.20. The molecule has 152 valence electrons. The van der Waals surface area contributed by atoms with Gasteiger partial charge in [0.2, 0.25) is 0 Å². The minimum atomic E-state index is -0.518. The number of ether oxygens (including phenoxy) is 1. The Morgan fingerprint density at radius 2 is 1.93 bits per heavy atom. The van der Waals surface area contributed by atoms with Crippen LogP contribution >= 0.6 is 0 Å². The normalized spacial score (nSPS) is 22.6. The van der Waals surface area contributed by atoms with Crippen molar-refractivity contribution < 1.29 is 18.7 Å². The number of likely N-dealkylation sites (tertiary alicyclic amines) is 1. The lowest BCUT2D eigenvalue weighted by Crippen LogP contribution is -2.55. The number of morpholine rings is 1. The smallest absolute Gasteiger partial charge is 0.274 e.